The SMILES string of the molecule is O.O.O.O.OP(O)O.OP(O)O.[Fe].[Fe].[Fe].[Fe].[Fe].[Fe].[Fe].[O-]P(O)O.[O-]P(O)O.[OH-].[OH-]. The Hall–Kier alpha value is 4.64. The van der Waals surface area contributed by atoms with Gasteiger partial charge in [0.2, 0.25) is 0 Å². The van der Waals surface area contributed by atoms with Gasteiger partial charge in [-0.15, -0.1) is 0 Å². The minimum atomic E-state index is -2.87. The molecule has 18 nitrogen and oxygen atoms in total. The molecule has 0 bridgehead atoms. The Bertz CT molecular complexity index is 81.2. The van der Waals surface area contributed by atoms with Crippen LogP contribution in [0.25, 0.3) is 0 Å². The van der Waals surface area contributed by atoms with Crippen molar-refractivity contribution in [2.24, 2.45) is 0 Å². The van der Waals surface area contributed by atoms with Crippen LogP contribution in [0.3, 0.4) is 0 Å². The van der Waals surface area contributed by atoms with E-state index in [2.05, 4.69) is 0 Å². The summed E-state index contributed by atoms with van der Waals surface area (Å²) in [5, 5.41) is 0. The molecule has 0 saturated carbocycles. The molecular formula is H20Fe7O18P4-4. The molecule has 0 rings (SSSR count). The molecule has 0 aliphatic heterocycles. The summed E-state index contributed by atoms with van der Waals surface area (Å²) < 4.78 is 0. The molecule has 0 heterocycles. The van der Waals surface area contributed by atoms with Crippen molar-refractivity contribution in [3.8, 4) is 0 Å². The van der Waals surface area contributed by atoms with Gasteiger partial charge < -0.3 is 91.6 Å². The number of hydrogen-bond donors (Lipinski definition) is 10. The first kappa shape index (κ1) is 129. The van der Waals surface area contributed by atoms with Gasteiger partial charge in [-0.05, 0) is 0 Å². The second kappa shape index (κ2) is 118. The zero-order valence-corrected chi connectivity index (χ0v) is 23.8. The Labute approximate surface area is 243 Å². The Balaban J connectivity index is -0.00000000384. The largest absolute Gasteiger partial charge is 0.870 e. The van der Waals surface area contributed by atoms with Crippen LogP contribution in [0.2, 0.25) is 0 Å². The van der Waals surface area contributed by atoms with Crippen molar-refractivity contribution in [2.45, 2.75) is 0 Å². The second-order valence-corrected chi connectivity index (χ2v) is 3.13. The molecular weight excluding hydrogens is 803 g/mol. The fourth-order valence-electron chi connectivity index (χ4n) is 0. The molecule has 0 aromatic carbocycles. The molecule has 0 amide bonds. The van der Waals surface area contributed by atoms with Crippen molar-refractivity contribution in [2.75, 3.05) is 0 Å². The van der Waals surface area contributed by atoms with Crippen molar-refractivity contribution in [1.82, 2.24) is 0 Å². The van der Waals surface area contributed by atoms with Gasteiger partial charge in [-0.1, -0.05) is 0 Å². The van der Waals surface area contributed by atoms with E-state index in [1.807, 2.05) is 0 Å². The van der Waals surface area contributed by atoms with Crippen LogP contribution in [0.5, 0.6) is 0 Å². The fourth-order valence-corrected chi connectivity index (χ4v) is 0. The van der Waals surface area contributed by atoms with Crippen LogP contribution in [-0.2, 0) is 119 Å². The van der Waals surface area contributed by atoms with Gasteiger partial charge in [-0.3, -0.25) is 0 Å². The zero-order valence-electron chi connectivity index (χ0n) is 12.4. The van der Waals surface area contributed by atoms with Gasteiger partial charge in [0.1, 0.15) is 0 Å². The molecule has 0 saturated heterocycles. The molecule has 0 aromatic rings. The molecule has 0 aliphatic rings. The standard InChI is InChI=1S/7Fe.2H3O3P.2H2O3P.6H2O/c;;;;;;;4*1-4(2)3;;;;;;/h;;;;;;;2*1-3H;2*1-2H;6*1H2/q;;;;;;;;;2*-1;;;;;;/p-2. The van der Waals surface area contributed by atoms with Crippen LogP contribution < -0.4 is 9.79 Å². The summed E-state index contributed by atoms with van der Waals surface area (Å²) in [6, 6.07) is 0. The average Bonchev–Trinajstić information content (AvgIpc) is 1.76. The van der Waals surface area contributed by atoms with E-state index in [-0.39, 0.29) is 152 Å². The van der Waals surface area contributed by atoms with Crippen molar-refractivity contribution in [3.63, 3.8) is 0 Å². The van der Waals surface area contributed by atoms with Gasteiger partial charge in [-0.25, -0.2) is 0 Å². The van der Waals surface area contributed by atoms with E-state index in [0.717, 1.165) is 0 Å². The van der Waals surface area contributed by atoms with E-state index in [4.69, 9.17) is 58.7 Å². The Kier molecular flexibility index (Phi) is 527. The van der Waals surface area contributed by atoms with Crippen LogP contribution in [0.15, 0.2) is 0 Å². The van der Waals surface area contributed by atoms with Gasteiger partial charge in [0.05, 0.1) is 17.2 Å². The minimum Gasteiger partial charge on any atom is -0.870 e. The van der Waals surface area contributed by atoms with Crippen molar-refractivity contribution in [3.05, 3.63) is 0 Å². The van der Waals surface area contributed by atoms with E-state index in [1.165, 1.54) is 0 Å². The smallest absolute Gasteiger partial charge is 0.324 e. The molecule has 29 heteroatoms. The maximum absolute atomic E-state index is 8.70. The number of rotatable bonds is 0. The first-order chi connectivity index (χ1) is 6.93. The van der Waals surface area contributed by atoms with E-state index in [1.54, 1.807) is 0 Å². The third-order valence-electron chi connectivity index (χ3n) is 0. The molecule has 0 fully saturated rings. The van der Waals surface area contributed by atoms with Gasteiger partial charge in [0.15, 0.2) is 0 Å². The molecule has 0 aliphatic carbocycles. The van der Waals surface area contributed by atoms with Gasteiger partial charge in [0.25, 0.3) is 0 Å². The normalized spacial score (nSPS) is 4.97. The zero-order chi connectivity index (χ0) is 14.3. The first-order valence-corrected chi connectivity index (χ1v) is 7.10. The predicted octanol–water partition coefficient (Wildman–Crippen LogP) is -8.17. The quantitative estimate of drug-likeness (QED) is 0.0802. The van der Waals surface area contributed by atoms with E-state index in [0.29, 0.717) is 0 Å². The minimum absolute atomic E-state index is 0. The summed E-state index contributed by atoms with van der Waals surface area (Å²) in [7, 11) is -11.0. The van der Waals surface area contributed by atoms with Gasteiger partial charge in [-0.2, -0.15) is 0 Å². The summed E-state index contributed by atoms with van der Waals surface area (Å²) in [5.41, 5.74) is 0. The summed E-state index contributed by atoms with van der Waals surface area (Å²) in [6.07, 6.45) is 0. The summed E-state index contributed by atoms with van der Waals surface area (Å²) in [4.78, 5) is 89.3. The van der Waals surface area contributed by atoms with Crippen molar-refractivity contribution in [1.29, 1.82) is 0 Å². The van der Waals surface area contributed by atoms with Crippen LogP contribution >= 0.6 is 34.4 Å². The van der Waals surface area contributed by atoms with Crippen LogP contribution in [0.1, 0.15) is 0 Å². The average molecular weight is 823 g/mol. The molecule has 0 aromatic heterocycles. The van der Waals surface area contributed by atoms with E-state index in [9.17, 15) is 0 Å². The van der Waals surface area contributed by atoms with Gasteiger partial charge >= 0.3 is 17.2 Å². The molecule has 0 atom stereocenters. The van der Waals surface area contributed by atoms with Crippen molar-refractivity contribution >= 4 is 34.4 Å². The predicted molar refractivity (Wildman–Crippen MR) is 68.2 cm³/mol. The van der Waals surface area contributed by atoms with E-state index < -0.39 is 34.4 Å². The monoisotopic (exact) mass is 824 g/mol. The topological polar surface area (TPSA) is 434 Å². The Morgan fingerprint density at radius 3 is 0.345 bits per heavy atom. The molecule has 0 spiro atoms. The van der Waals surface area contributed by atoms with Crippen LogP contribution in [0, 0.1) is 0 Å². The molecule has 20 N–H and O–H groups in total. The Morgan fingerprint density at radius 1 is 0.345 bits per heavy atom. The summed E-state index contributed by atoms with van der Waals surface area (Å²) in [5.74, 6) is 0. The fraction of sp³-hybridized carbons (Fsp3) is 0. The maximum atomic E-state index is 8.70. The molecule has 29 heavy (non-hydrogen) atoms. The number of hydrogen-bond acceptors (Lipinski definition) is 14. The molecule has 0 unspecified atom stereocenters. The van der Waals surface area contributed by atoms with Gasteiger partial charge in [0, 0.05) is 119 Å². The first-order valence-electron chi connectivity index (χ1n) is 2.37. The van der Waals surface area contributed by atoms with E-state index >= 15 is 0 Å². The molecule has 0 radical (unpaired) electrons. The maximum Gasteiger partial charge on any atom is 0.324 e. The van der Waals surface area contributed by atoms with Crippen LogP contribution in [0.4, 0.5) is 0 Å². The third kappa shape index (κ3) is 1430. The summed E-state index contributed by atoms with van der Waals surface area (Å²) >= 11 is 0. The van der Waals surface area contributed by atoms with Crippen LogP contribution in [-0.4, -0.2) is 81.8 Å². The summed E-state index contributed by atoms with van der Waals surface area (Å²) in [6.45, 7) is 0. The Morgan fingerprint density at radius 2 is 0.345 bits per heavy atom. The third-order valence-corrected chi connectivity index (χ3v) is 0. The second-order valence-electron chi connectivity index (χ2n) is 1.04. The van der Waals surface area contributed by atoms with Crippen molar-refractivity contribution < 1.29 is 211 Å². The molecule has 208 valence electrons.